The molecule has 5 heteroatoms. The number of hydrogen-bond donors (Lipinski definition) is 1. The van der Waals surface area contributed by atoms with Crippen molar-refractivity contribution in [2.45, 2.75) is 45.3 Å². The summed E-state index contributed by atoms with van der Waals surface area (Å²) in [6.07, 6.45) is 0.635. The van der Waals surface area contributed by atoms with E-state index in [1.54, 1.807) is 11.0 Å². The predicted octanol–water partition coefficient (Wildman–Crippen LogP) is 5.05. The molecule has 3 aromatic carbocycles. The highest BCUT2D eigenvalue weighted by molar-refractivity contribution is 6.31. The standard InChI is InChI=1S/C27H29ClN2O2/c1-20(2)29-27(32)25(17-21-11-5-3-6-12-21)30(19-23-15-9-10-16-24(23)28)26(31)18-22-13-7-4-8-14-22/h3-16,20,25H,17-19H2,1-2H3,(H,29,32)/t25-/m0/s1. The molecule has 3 rings (SSSR count). The van der Waals surface area contributed by atoms with Crippen LogP contribution in [0, 0.1) is 0 Å². The van der Waals surface area contributed by atoms with E-state index in [4.69, 9.17) is 11.6 Å². The molecule has 0 saturated heterocycles. The number of amides is 2. The van der Waals surface area contributed by atoms with Gasteiger partial charge in [-0.05, 0) is 36.6 Å². The maximum Gasteiger partial charge on any atom is 0.243 e. The van der Waals surface area contributed by atoms with Gasteiger partial charge < -0.3 is 10.2 Å². The quantitative estimate of drug-likeness (QED) is 0.498. The van der Waals surface area contributed by atoms with Crippen molar-refractivity contribution in [3.05, 3.63) is 107 Å². The Morgan fingerprint density at radius 1 is 0.844 bits per heavy atom. The molecule has 0 aromatic heterocycles. The Balaban J connectivity index is 1.97. The highest BCUT2D eigenvalue weighted by atomic mass is 35.5. The van der Waals surface area contributed by atoms with Crippen LogP contribution in [0.1, 0.15) is 30.5 Å². The maximum atomic E-state index is 13.6. The molecule has 0 fully saturated rings. The number of carbonyl (C=O) groups excluding carboxylic acids is 2. The van der Waals surface area contributed by atoms with Crippen LogP contribution < -0.4 is 5.32 Å². The molecule has 166 valence electrons. The third-order valence-electron chi connectivity index (χ3n) is 5.20. The number of nitrogens with zero attached hydrogens (tertiary/aromatic N) is 1. The Morgan fingerprint density at radius 2 is 1.41 bits per heavy atom. The van der Waals surface area contributed by atoms with E-state index in [-0.39, 0.29) is 30.8 Å². The second-order valence-electron chi connectivity index (χ2n) is 8.14. The molecule has 1 atom stereocenters. The summed E-state index contributed by atoms with van der Waals surface area (Å²) >= 11 is 6.42. The van der Waals surface area contributed by atoms with Crippen LogP contribution in [0.3, 0.4) is 0 Å². The number of carbonyl (C=O) groups is 2. The second kappa shape index (κ2) is 11.5. The van der Waals surface area contributed by atoms with Crippen LogP contribution >= 0.6 is 11.6 Å². The van der Waals surface area contributed by atoms with Gasteiger partial charge in [0.2, 0.25) is 11.8 Å². The van der Waals surface area contributed by atoms with E-state index in [1.165, 1.54) is 0 Å². The monoisotopic (exact) mass is 448 g/mol. The van der Waals surface area contributed by atoms with Crippen molar-refractivity contribution in [1.29, 1.82) is 0 Å². The van der Waals surface area contributed by atoms with Gasteiger partial charge in [0.05, 0.1) is 6.42 Å². The lowest BCUT2D eigenvalue weighted by molar-refractivity contribution is -0.141. The average molecular weight is 449 g/mol. The Morgan fingerprint density at radius 3 is 2.00 bits per heavy atom. The minimum Gasteiger partial charge on any atom is -0.352 e. The van der Waals surface area contributed by atoms with Crippen LogP contribution in [-0.4, -0.2) is 28.8 Å². The van der Waals surface area contributed by atoms with Gasteiger partial charge in [-0.2, -0.15) is 0 Å². The van der Waals surface area contributed by atoms with Gasteiger partial charge >= 0.3 is 0 Å². The molecule has 0 saturated carbocycles. The van der Waals surface area contributed by atoms with Gasteiger partial charge in [0, 0.05) is 24.0 Å². The first-order valence-corrected chi connectivity index (χ1v) is 11.2. The summed E-state index contributed by atoms with van der Waals surface area (Å²) in [6.45, 7) is 4.09. The van der Waals surface area contributed by atoms with Gasteiger partial charge in [-0.3, -0.25) is 9.59 Å². The van der Waals surface area contributed by atoms with Crippen molar-refractivity contribution in [1.82, 2.24) is 10.2 Å². The number of benzene rings is 3. The van der Waals surface area contributed by atoms with Crippen LogP contribution in [-0.2, 0) is 29.0 Å². The lowest BCUT2D eigenvalue weighted by atomic mass is 10.0. The first kappa shape index (κ1) is 23.6. The Kier molecular flexibility index (Phi) is 8.46. The van der Waals surface area contributed by atoms with Crippen LogP contribution in [0.2, 0.25) is 5.02 Å². The smallest absolute Gasteiger partial charge is 0.243 e. The summed E-state index contributed by atoms with van der Waals surface area (Å²) in [5, 5.41) is 3.57. The van der Waals surface area contributed by atoms with E-state index in [1.807, 2.05) is 92.7 Å². The van der Waals surface area contributed by atoms with Crippen LogP contribution in [0.15, 0.2) is 84.9 Å². The Labute approximate surface area is 195 Å². The van der Waals surface area contributed by atoms with Crippen molar-refractivity contribution in [2.75, 3.05) is 0 Å². The summed E-state index contributed by atoms with van der Waals surface area (Å²) in [4.78, 5) is 28.5. The lowest BCUT2D eigenvalue weighted by Gasteiger charge is -2.32. The molecule has 0 radical (unpaired) electrons. The van der Waals surface area contributed by atoms with Crippen molar-refractivity contribution >= 4 is 23.4 Å². The first-order chi connectivity index (χ1) is 15.4. The zero-order valence-corrected chi connectivity index (χ0v) is 19.3. The molecule has 32 heavy (non-hydrogen) atoms. The molecular weight excluding hydrogens is 420 g/mol. The Hall–Kier alpha value is -3.11. The lowest BCUT2D eigenvalue weighted by Crippen LogP contribution is -2.52. The zero-order chi connectivity index (χ0) is 22.9. The number of hydrogen-bond acceptors (Lipinski definition) is 2. The Bertz CT molecular complexity index is 1020. The fraction of sp³-hybridized carbons (Fsp3) is 0.259. The molecule has 0 unspecified atom stereocenters. The van der Waals surface area contributed by atoms with E-state index in [2.05, 4.69) is 5.32 Å². The molecule has 0 spiro atoms. The number of halogens is 1. The number of nitrogens with one attached hydrogen (secondary N) is 1. The van der Waals surface area contributed by atoms with Gasteiger partial charge in [0.1, 0.15) is 6.04 Å². The summed E-state index contributed by atoms with van der Waals surface area (Å²) in [6, 6.07) is 26.1. The molecule has 4 nitrogen and oxygen atoms in total. The van der Waals surface area contributed by atoms with Crippen LogP contribution in [0.4, 0.5) is 0 Å². The van der Waals surface area contributed by atoms with Crippen molar-refractivity contribution in [3.63, 3.8) is 0 Å². The largest absolute Gasteiger partial charge is 0.352 e. The third kappa shape index (κ3) is 6.69. The molecule has 2 amide bonds. The van der Waals surface area contributed by atoms with Crippen molar-refractivity contribution in [3.8, 4) is 0 Å². The molecule has 0 aliphatic rings. The van der Waals surface area contributed by atoms with Gasteiger partial charge in [-0.15, -0.1) is 0 Å². The third-order valence-corrected chi connectivity index (χ3v) is 5.57. The van der Waals surface area contributed by atoms with Gasteiger partial charge in [-0.1, -0.05) is 90.5 Å². The predicted molar refractivity (Wildman–Crippen MR) is 129 cm³/mol. The van der Waals surface area contributed by atoms with E-state index in [0.717, 1.165) is 16.7 Å². The van der Waals surface area contributed by atoms with Gasteiger partial charge in [-0.25, -0.2) is 0 Å². The van der Waals surface area contributed by atoms with Gasteiger partial charge in [0.25, 0.3) is 0 Å². The second-order valence-corrected chi connectivity index (χ2v) is 8.55. The summed E-state index contributed by atoms with van der Waals surface area (Å²) < 4.78 is 0. The SMILES string of the molecule is CC(C)NC(=O)[C@H](Cc1ccccc1)N(Cc1ccccc1Cl)C(=O)Cc1ccccc1. The van der Waals surface area contributed by atoms with Crippen LogP contribution in [0.5, 0.6) is 0 Å². The molecule has 0 aliphatic heterocycles. The number of rotatable bonds is 9. The maximum absolute atomic E-state index is 13.6. The molecule has 3 aromatic rings. The minimum absolute atomic E-state index is 0.0350. The first-order valence-electron chi connectivity index (χ1n) is 10.8. The molecular formula is C27H29ClN2O2. The molecule has 0 aliphatic carbocycles. The van der Waals surface area contributed by atoms with E-state index < -0.39 is 6.04 Å². The highest BCUT2D eigenvalue weighted by Gasteiger charge is 2.31. The fourth-order valence-corrected chi connectivity index (χ4v) is 3.81. The minimum atomic E-state index is -0.660. The topological polar surface area (TPSA) is 49.4 Å². The fourth-order valence-electron chi connectivity index (χ4n) is 3.62. The summed E-state index contributed by atoms with van der Waals surface area (Å²) in [7, 11) is 0. The summed E-state index contributed by atoms with van der Waals surface area (Å²) in [5.74, 6) is -0.284. The zero-order valence-electron chi connectivity index (χ0n) is 18.5. The van der Waals surface area contributed by atoms with E-state index in [0.29, 0.717) is 11.4 Å². The van der Waals surface area contributed by atoms with E-state index >= 15 is 0 Å². The average Bonchev–Trinajstić information content (AvgIpc) is 2.78. The van der Waals surface area contributed by atoms with E-state index in [9.17, 15) is 9.59 Å². The summed E-state index contributed by atoms with van der Waals surface area (Å²) in [5.41, 5.74) is 2.71. The van der Waals surface area contributed by atoms with Crippen LogP contribution in [0.25, 0.3) is 0 Å². The highest BCUT2D eigenvalue weighted by Crippen LogP contribution is 2.21. The molecule has 1 N–H and O–H groups in total. The van der Waals surface area contributed by atoms with Gasteiger partial charge in [0.15, 0.2) is 0 Å². The normalized spacial score (nSPS) is 11.8. The van der Waals surface area contributed by atoms with Crippen molar-refractivity contribution in [2.24, 2.45) is 0 Å². The molecule has 0 heterocycles. The molecule has 0 bridgehead atoms. The van der Waals surface area contributed by atoms with Crippen molar-refractivity contribution < 1.29 is 9.59 Å².